The smallest absolute Gasteiger partial charge is 0.362 e. The largest absolute Gasteiger partial charge is 0.474 e. The minimum atomic E-state index is -3.31. The first kappa shape index (κ1) is 26.4. The minimum Gasteiger partial charge on any atom is -0.362 e. The normalized spacial score (nSPS) is 13.8. The van der Waals surface area contributed by atoms with E-state index in [9.17, 15) is 4.57 Å². The Hall–Kier alpha value is -0.550. The van der Waals surface area contributed by atoms with Crippen LogP contribution in [0.1, 0.15) is 79.1 Å². The topological polar surface area (TPSA) is 51.2 Å². The highest BCUT2D eigenvalue weighted by molar-refractivity contribution is 7.48. The van der Waals surface area contributed by atoms with Gasteiger partial charge in [-0.3, -0.25) is 13.6 Å². The third kappa shape index (κ3) is 15.1. The maximum Gasteiger partial charge on any atom is 0.474 e. The summed E-state index contributed by atoms with van der Waals surface area (Å²) in [6.45, 7) is 12.0. The van der Waals surface area contributed by atoms with Crippen LogP contribution in [0.25, 0.3) is 0 Å². The maximum atomic E-state index is 12.2. The lowest BCUT2D eigenvalue weighted by atomic mass is 10.3. The van der Waals surface area contributed by atoms with E-state index in [1.165, 1.54) is 19.4 Å². The molecule has 7 heteroatoms. The predicted octanol–water partition coefficient (Wildman–Crippen LogP) is 6.01. The lowest BCUT2D eigenvalue weighted by Crippen LogP contribution is -2.23. The summed E-state index contributed by atoms with van der Waals surface area (Å²) in [7, 11) is -1.21. The Morgan fingerprint density at radius 1 is 0.778 bits per heavy atom. The van der Waals surface area contributed by atoms with Crippen LogP contribution >= 0.6 is 7.82 Å². The molecular formula is C20H43N2O4P. The van der Waals surface area contributed by atoms with Crippen molar-refractivity contribution in [3.05, 3.63) is 12.4 Å². The van der Waals surface area contributed by atoms with Gasteiger partial charge in [0.05, 0.1) is 26.5 Å². The Labute approximate surface area is 167 Å². The summed E-state index contributed by atoms with van der Waals surface area (Å²) in [6, 6.07) is 0. The van der Waals surface area contributed by atoms with Gasteiger partial charge in [-0.1, -0.05) is 53.4 Å². The van der Waals surface area contributed by atoms with Crippen molar-refractivity contribution >= 4 is 7.82 Å². The molecular weight excluding hydrogens is 363 g/mol. The van der Waals surface area contributed by atoms with Crippen molar-refractivity contribution in [2.75, 3.05) is 40.1 Å². The molecule has 0 unspecified atom stereocenters. The second kappa shape index (κ2) is 17.5. The molecule has 1 aliphatic rings. The first-order valence-electron chi connectivity index (χ1n) is 10.7. The molecule has 1 aliphatic heterocycles. The molecule has 0 N–H and O–H groups in total. The van der Waals surface area contributed by atoms with E-state index in [2.05, 4.69) is 56.9 Å². The number of hydrogen-bond donors (Lipinski definition) is 0. The van der Waals surface area contributed by atoms with Crippen LogP contribution in [0.5, 0.6) is 0 Å². The number of nitrogens with zero attached hydrogens (tertiary/aromatic N) is 2. The highest BCUT2D eigenvalue weighted by atomic mass is 31.2. The Morgan fingerprint density at radius 2 is 1.22 bits per heavy atom. The van der Waals surface area contributed by atoms with Crippen LogP contribution in [-0.2, 0) is 18.1 Å². The number of unbranched alkanes of at least 4 members (excludes halogenated alkanes) is 4. The third-order valence-corrected chi connectivity index (χ3v) is 5.47. The van der Waals surface area contributed by atoms with Gasteiger partial charge in [0.2, 0.25) is 0 Å². The molecule has 0 aliphatic carbocycles. The van der Waals surface area contributed by atoms with Gasteiger partial charge in [-0.15, -0.1) is 0 Å². The molecule has 0 spiro atoms. The van der Waals surface area contributed by atoms with Crippen LogP contribution in [0, 0.1) is 0 Å². The zero-order valence-corrected chi connectivity index (χ0v) is 19.2. The summed E-state index contributed by atoms with van der Waals surface area (Å²) < 4.78 is 28.0. The third-order valence-electron chi connectivity index (χ3n) is 3.98. The van der Waals surface area contributed by atoms with E-state index in [0.717, 1.165) is 45.2 Å². The molecule has 0 amide bonds. The number of phosphoric ester groups is 1. The summed E-state index contributed by atoms with van der Waals surface area (Å²) in [6.07, 6.45) is 12.5. The summed E-state index contributed by atoms with van der Waals surface area (Å²) in [4.78, 5) is 4.53. The Bertz CT molecular complexity index is 374. The summed E-state index contributed by atoms with van der Waals surface area (Å²) in [5.74, 6) is 0. The summed E-state index contributed by atoms with van der Waals surface area (Å²) >= 11 is 0. The molecule has 1 heterocycles. The van der Waals surface area contributed by atoms with Gasteiger partial charge in [-0.05, 0) is 25.7 Å². The van der Waals surface area contributed by atoms with Crippen LogP contribution in [0.2, 0.25) is 0 Å². The van der Waals surface area contributed by atoms with Crippen molar-refractivity contribution in [1.82, 2.24) is 9.80 Å². The second-order valence-corrected chi connectivity index (χ2v) is 8.54. The van der Waals surface area contributed by atoms with Gasteiger partial charge in [0, 0.05) is 26.0 Å². The Morgan fingerprint density at radius 3 is 1.56 bits per heavy atom. The van der Waals surface area contributed by atoms with E-state index in [1.54, 1.807) is 0 Å². The van der Waals surface area contributed by atoms with Gasteiger partial charge in [0.1, 0.15) is 0 Å². The first-order chi connectivity index (χ1) is 13.0. The van der Waals surface area contributed by atoms with Crippen molar-refractivity contribution in [3.63, 3.8) is 0 Å². The highest BCUT2D eigenvalue weighted by Gasteiger charge is 2.25. The fourth-order valence-electron chi connectivity index (χ4n) is 2.17. The average Bonchev–Trinajstić information content (AvgIpc) is 3.06. The molecule has 0 radical (unpaired) electrons. The zero-order valence-electron chi connectivity index (χ0n) is 18.3. The molecule has 0 fully saturated rings. The van der Waals surface area contributed by atoms with Crippen molar-refractivity contribution in [2.24, 2.45) is 0 Å². The highest BCUT2D eigenvalue weighted by Crippen LogP contribution is 2.49. The quantitative estimate of drug-likeness (QED) is 0.245. The van der Waals surface area contributed by atoms with Gasteiger partial charge in [-0.25, -0.2) is 4.57 Å². The van der Waals surface area contributed by atoms with Crippen LogP contribution < -0.4 is 0 Å². The van der Waals surface area contributed by atoms with E-state index in [0.29, 0.717) is 19.8 Å². The van der Waals surface area contributed by atoms with Crippen LogP contribution in [0.3, 0.4) is 0 Å². The van der Waals surface area contributed by atoms with E-state index < -0.39 is 7.82 Å². The lowest BCUT2D eigenvalue weighted by Gasteiger charge is -2.17. The number of rotatable bonds is 15. The molecule has 6 nitrogen and oxygen atoms in total. The lowest BCUT2D eigenvalue weighted by molar-refractivity contribution is 0.110. The molecule has 0 saturated carbocycles. The zero-order chi connectivity index (χ0) is 20.4. The molecule has 0 saturated heterocycles. The van der Waals surface area contributed by atoms with Crippen molar-refractivity contribution < 1.29 is 18.1 Å². The first-order valence-corrected chi connectivity index (χ1v) is 12.1. The monoisotopic (exact) mass is 406 g/mol. The van der Waals surface area contributed by atoms with Gasteiger partial charge in [0.15, 0.2) is 0 Å². The molecule has 162 valence electrons. The minimum absolute atomic E-state index is 0.437. The number of hydrogen-bond acceptors (Lipinski definition) is 6. The van der Waals surface area contributed by atoms with Gasteiger partial charge >= 0.3 is 7.82 Å². The molecule has 0 aromatic heterocycles. The van der Waals surface area contributed by atoms with Gasteiger partial charge in [0.25, 0.3) is 0 Å². The Balaban J connectivity index is 0.000000569. The van der Waals surface area contributed by atoms with Crippen LogP contribution in [0.15, 0.2) is 12.4 Å². The molecule has 0 aromatic rings. The van der Waals surface area contributed by atoms with E-state index in [1.807, 2.05) is 0 Å². The molecule has 27 heavy (non-hydrogen) atoms. The van der Waals surface area contributed by atoms with Crippen molar-refractivity contribution in [2.45, 2.75) is 79.1 Å². The van der Waals surface area contributed by atoms with Crippen molar-refractivity contribution in [1.29, 1.82) is 0 Å². The fourth-order valence-corrected chi connectivity index (χ4v) is 3.45. The van der Waals surface area contributed by atoms with E-state index in [-0.39, 0.29) is 0 Å². The molecule has 0 atom stereocenters. The van der Waals surface area contributed by atoms with E-state index >= 15 is 0 Å². The average molecular weight is 407 g/mol. The van der Waals surface area contributed by atoms with Crippen LogP contribution in [0.4, 0.5) is 0 Å². The fraction of sp³-hybridized carbons (Fsp3) is 0.900. The predicted molar refractivity (Wildman–Crippen MR) is 114 cm³/mol. The van der Waals surface area contributed by atoms with Crippen LogP contribution in [-0.4, -0.2) is 49.9 Å². The molecule has 0 bridgehead atoms. The summed E-state index contributed by atoms with van der Waals surface area (Å²) in [5.41, 5.74) is 0. The van der Waals surface area contributed by atoms with E-state index in [4.69, 9.17) is 13.6 Å². The second-order valence-electron chi connectivity index (χ2n) is 6.87. The van der Waals surface area contributed by atoms with Gasteiger partial charge < -0.3 is 9.80 Å². The molecule has 1 rings (SSSR count). The van der Waals surface area contributed by atoms with Crippen molar-refractivity contribution in [3.8, 4) is 0 Å². The summed E-state index contributed by atoms with van der Waals surface area (Å²) in [5, 5.41) is 0. The number of phosphoric acid groups is 1. The maximum absolute atomic E-state index is 12.2. The standard InChI is InChI=1S/C12H27O4P.C8H16N2/c1-4-7-10-14-17(13,15-11-8-5-2)16-12-9-6-3;1-3-4-5-10-7-6-9(2)8-10/h4-12H2,1-3H3;6-7H,3-5,8H2,1-2H3. The van der Waals surface area contributed by atoms with Gasteiger partial charge in [-0.2, -0.15) is 0 Å². The SMILES string of the molecule is CCCCN1C=CN(C)C1.CCCCOP(=O)(OCCCC)OCCCC. The molecule has 0 aromatic carbocycles. The Kier molecular flexibility index (Phi) is 17.2.